The molecular formula is C13H11BrFNO3S. The Hall–Kier alpha value is -1.60. The van der Waals surface area contributed by atoms with Crippen molar-refractivity contribution in [2.45, 2.75) is 11.8 Å². The number of hydrogen-bond donors (Lipinski definition) is 2. The zero-order valence-corrected chi connectivity index (χ0v) is 12.8. The summed E-state index contributed by atoms with van der Waals surface area (Å²) in [7, 11) is -3.88. The average Bonchev–Trinajstić information content (AvgIpc) is 2.36. The van der Waals surface area contributed by atoms with Gasteiger partial charge in [-0.1, -0.05) is 0 Å². The molecule has 0 spiro atoms. The van der Waals surface area contributed by atoms with Gasteiger partial charge in [0.1, 0.15) is 11.6 Å². The summed E-state index contributed by atoms with van der Waals surface area (Å²) in [6.07, 6.45) is 0. The zero-order chi connectivity index (χ0) is 14.9. The fourth-order valence-electron chi connectivity index (χ4n) is 1.61. The van der Waals surface area contributed by atoms with Gasteiger partial charge in [0.25, 0.3) is 10.0 Å². The largest absolute Gasteiger partial charge is 0.508 e. The molecule has 7 heteroatoms. The second-order valence-corrected chi connectivity index (χ2v) is 6.72. The van der Waals surface area contributed by atoms with Crippen LogP contribution in [0.2, 0.25) is 0 Å². The predicted molar refractivity (Wildman–Crippen MR) is 77.8 cm³/mol. The number of hydrogen-bond acceptors (Lipinski definition) is 3. The van der Waals surface area contributed by atoms with Crippen molar-refractivity contribution in [1.29, 1.82) is 0 Å². The van der Waals surface area contributed by atoms with E-state index >= 15 is 0 Å². The third kappa shape index (κ3) is 3.10. The van der Waals surface area contributed by atoms with E-state index < -0.39 is 15.8 Å². The van der Waals surface area contributed by atoms with E-state index in [1.165, 1.54) is 30.3 Å². The molecule has 0 aliphatic carbocycles. The highest BCUT2D eigenvalue weighted by Crippen LogP contribution is 2.25. The highest BCUT2D eigenvalue weighted by Gasteiger charge is 2.17. The van der Waals surface area contributed by atoms with Crippen LogP contribution < -0.4 is 4.72 Å². The summed E-state index contributed by atoms with van der Waals surface area (Å²) in [5.74, 6) is -0.615. The normalized spacial score (nSPS) is 11.3. The number of benzene rings is 2. The van der Waals surface area contributed by atoms with Gasteiger partial charge in [0, 0.05) is 0 Å². The van der Waals surface area contributed by atoms with Crippen molar-refractivity contribution in [3.05, 3.63) is 52.3 Å². The first-order chi connectivity index (χ1) is 9.29. The number of aryl methyl sites for hydroxylation is 1. The topological polar surface area (TPSA) is 66.4 Å². The first kappa shape index (κ1) is 14.8. The average molecular weight is 360 g/mol. The molecule has 20 heavy (non-hydrogen) atoms. The summed E-state index contributed by atoms with van der Waals surface area (Å²) < 4.78 is 40.2. The van der Waals surface area contributed by atoms with Crippen LogP contribution in [0.1, 0.15) is 5.56 Å². The van der Waals surface area contributed by atoms with Crippen LogP contribution in [0, 0.1) is 12.7 Å². The molecular weight excluding hydrogens is 349 g/mol. The molecule has 0 radical (unpaired) electrons. The molecule has 0 fully saturated rings. The van der Waals surface area contributed by atoms with Crippen molar-refractivity contribution >= 4 is 31.6 Å². The van der Waals surface area contributed by atoms with E-state index in [0.29, 0.717) is 11.3 Å². The molecule has 0 saturated heterocycles. The zero-order valence-electron chi connectivity index (χ0n) is 10.4. The smallest absolute Gasteiger partial charge is 0.262 e. The fourth-order valence-corrected chi connectivity index (χ4v) is 3.00. The van der Waals surface area contributed by atoms with Crippen molar-refractivity contribution in [2.75, 3.05) is 4.72 Å². The molecule has 0 amide bonds. The lowest BCUT2D eigenvalue weighted by molar-refractivity contribution is 0.475. The third-order valence-corrected chi connectivity index (χ3v) is 4.66. The van der Waals surface area contributed by atoms with Crippen LogP contribution in [0.4, 0.5) is 10.1 Å². The number of anilines is 1. The summed E-state index contributed by atoms with van der Waals surface area (Å²) in [6, 6.07) is 7.80. The Kier molecular flexibility index (Phi) is 4.01. The van der Waals surface area contributed by atoms with Gasteiger partial charge in [0.2, 0.25) is 0 Å². The van der Waals surface area contributed by atoms with Gasteiger partial charge < -0.3 is 5.11 Å². The minimum Gasteiger partial charge on any atom is -0.508 e. The van der Waals surface area contributed by atoms with Crippen molar-refractivity contribution in [3.8, 4) is 5.75 Å². The number of aromatic hydroxyl groups is 1. The van der Waals surface area contributed by atoms with Crippen LogP contribution >= 0.6 is 15.9 Å². The Morgan fingerprint density at radius 3 is 2.50 bits per heavy atom. The van der Waals surface area contributed by atoms with Gasteiger partial charge in [-0.15, -0.1) is 0 Å². The van der Waals surface area contributed by atoms with E-state index in [2.05, 4.69) is 20.7 Å². The minimum atomic E-state index is -3.88. The van der Waals surface area contributed by atoms with Crippen LogP contribution in [-0.2, 0) is 10.0 Å². The number of phenols is 1. The molecule has 106 valence electrons. The summed E-state index contributed by atoms with van der Waals surface area (Å²) in [6.45, 7) is 1.65. The van der Waals surface area contributed by atoms with Crippen LogP contribution in [-0.4, -0.2) is 13.5 Å². The lowest BCUT2D eigenvalue weighted by Crippen LogP contribution is -2.14. The lowest BCUT2D eigenvalue weighted by atomic mass is 10.2. The molecule has 2 aromatic carbocycles. The SMILES string of the molecule is Cc1cc(O)ccc1NS(=O)(=O)c1ccc(Br)c(F)c1. The van der Waals surface area contributed by atoms with E-state index in [0.717, 1.165) is 6.07 Å². The standard InChI is InChI=1S/C13H11BrFNO3S/c1-8-6-9(17)2-5-13(8)16-20(18,19)10-3-4-11(14)12(15)7-10/h2-7,16-17H,1H3. The Labute approximate surface area is 124 Å². The van der Waals surface area contributed by atoms with Gasteiger partial charge in [-0.3, -0.25) is 4.72 Å². The van der Waals surface area contributed by atoms with Gasteiger partial charge in [-0.25, -0.2) is 12.8 Å². The molecule has 0 aliphatic rings. The lowest BCUT2D eigenvalue weighted by Gasteiger charge is -2.11. The Balaban J connectivity index is 2.38. The van der Waals surface area contributed by atoms with Crippen molar-refractivity contribution in [1.82, 2.24) is 0 Å². The number of halogens is 2. The van der Waals surface area contributed by atoms with Gasteiger partial charge in [0.05, 0.1) is 15.1 Å². The van der Waals surface area contributed by atoms with E-state index in [1.54, 1.807) is 6.92 Å². The van der Waals surface area contributed by atoms with Gasteiger partial charge >= 0.3 is 0 Å². The summed E-state index contributed by atoms with van der Waals surface area (Å²) in [4.78, 5) is -0.175. The molecule has 2 rings (SSSR count). The van der Waals surface area contributed by atoms with Crippen molar-refractivity contribution < 1.29 is 17.9 Å². The van der Waals surface area contributed by atoms with Crippen molar-refractivity contribution in [3.63, 3.8) is 0 Å². The first-order valence-electron chi connectivity index (χ1n) is 5.57. The number of rotatable bonds is 3. The van der Waals surface area contributed by atoms with Crippen LogP contribution in [0.15, 0.2) is 45.8 Å². The fraction of sp³-hybridized carbons (Fsp3) is 0.0769. The number of sulfonamides is 1. The second-order valence-electron chi connectivity index (χ2n) is 4.18. The molecule has 0 atom stereocenters. The summed E-state index contributed by atoms with van der Waals surface area (Å²) in [5, 5.41) is 9.29. The number of nitrogens with one attached hydrogen (secondary N) is 1. The quantitative estimate of drug-likeness (QED) is 0.825. The highest BCUT2D eigenvalue weighted by atomic mass is 79.9. The molecule has 0 heterocycles. The van der Waals surface area contributed by atoms with Gasteiger partial charge in [-0.2, -0.15) is 0 Å². The maximum absolute atomic E-state index is 13.4. The maximum Gasteiger partial charge on any atom is 0.262 e. The van der Waals surface area contributed by atoms with Gasteiger partial charge in [-0.05, 0) is 64.8 Å². The Morgan fingerprint density at radius 2 is 1.90 bits per heavy atom. The van der Waals surface area contributed by atoms with E-state index in [1.807, 2.05) is 0 Å². The number of phenolic OH excluding ortho intramolecular Hbond substituents is 1. The third-order valence-electron chi connectivity index (χ3n) is 2.66. The monoisotopic (exact) mass is 359 g/mol. The Bertz CT molecular complexity index is 762. The molecule has 0 unspecified atom stereocenters. The molecule has 0 aliphatic heterocycles. The maximum atomic E-state index is 13.4. The van der Waals surface area contributed by atoms with E-state index in [9.17, 15) is 17.9 Å². The highest BCUT2D eigenvalue weighted by molar-refractivity contribution is 9.10. The van der Waals surface area contributed by atoms with Gasteiger partial charge in [0.15, 0.2) is 0 Å². The molecule has 0 bridgehead atoms. The Morgan fingerprint density at radius 1 is 1.20 bits per heavy atom. The minimum absolute atomic E-state index is 0.0418. The van der Waals surface area contributed by atoms with Crippen molar-refractivity contribution in [2.24, 2.45) is 0 Å². The summed E-state index contributed by atoms with van der Waals surface area (Å²) in [5.41, 5.74) is 0.886. The molecule has 2 N–H and O–H groups in total. The predicted octanol–water partition coefficient (Wildman–Crippen LogP) is 3.40. The van der Waals surface area contributed by atoms with Crippen LogP contribution in [0.25, 0.3) is 0 Å². The molecule has 0 aromatic heterocycles. The molecule has 2 aromatic rings. The van der Waals surface area contributed by atoms with Crippen LogP contribution in [0.3, 0.4) is 0 Å². The second kappa shape index (κ2) is 5.41. The van der Waals surface area contributed by atoms with Crippen LogP contribution in [0.5, 0.6) is 5.75 Å². The molecule has 0 saturated carbocycles. The summed E-state index contributed by atoms with van der Waals surface area (Å²) >= 11 is 2.96. The first-order valence-corrected chi connectivity index (χ1v) is 7.85. The van der Waals surface area contributed by atoms with E-state index in [4.69, 9.17) is 0 Å². The van der Waals surface area contributed by atoms with E-state index in [-0.39, 0.29) is 15.1 Å². The molecule has 4 nitrogen and oxygen atoms in total.